The summed E-state index contributed by atoms with van der Waals surface area (Å²) in [5.74, 6) is 1.97. The van der Waals surface area contributed by atoms with Crippen LogP contribution in [-0.4, -0.2) is 24.7 Å². The minimum atomic E-state index is 0.511. The fourth-order valence-corrected chi connectivity index (χ4v) is 4.26. The zero-order chi connectivity index (χ0) is 20.5. The lowest BCUT2D eigenvalue weighted by Crippen LogP contribution is -2.06. The molecule has 0 atom stereocenters. The first-order valence-corrected chi connectivity index (χ1v) is 10.3. The van der Waals surface area contributed by atoms with Crippen molar-refractivity contribution in [1.82, 2.24) is 24.7 Å². The molecule has 30 heavy (non-hydrogen) atoms. The van der Waals surface area contributed by atoms with Crippen molar-refractivity contribution in [3.8, 4) is 22.6 Å². The molecule has 148 valence electrons. The molecule has 5 rings (SSSR count). The number of anilines is 2. The summed E-state index contributed by atoms with van der Waals surface area (Å²) in [5.41, 5.74) is 10.0. The van der Waals surface area contributed by atoms with E-state index in [1.807, 2.05) is 43.4 Å². The van der Waals surface area contributed by atoms with Crippen LogP contribution in [0.15, 0.2) is 66.3 Å². The number of fused-ring (bicyclic) bond motifs is 1. The minimum Gasteiger partial charge on any atom is -0.384 e. The Bertz CT molecular complexity index is 1310. The van der Waals surface area contributed by atoms with Crippen molar-refractivity contribution in [3.05, 3.63) is 71.9 Å². The molecule has 0 amide bonds. The molecule has 8 heteroatoms. The number of thiophene rings is 1. The summed E-state index contributed by atoms with van der Waals surface area (Å²) in [6, 6.07) is 16.0. The van der Waals surface area contributed by atoms with Gasteiger partial charge in [-0.25, -0.2) is 9.97 Å². The molecule has 0 spiro atoms. The van der Waals surface area contributed by atoms with Gasteiger partial charge in [-0.05, 0) is 17.7 Å². The summed E-state index contributed by atoms with van der Waals surface area (Å²) < 4.78 is 1.66. The molecule has 0 aliphatic heterocycles. The summed E-state index contributed by atoms with van der Waals surface area (Å²) in [6.45, 7) is 0.511. The summed E-state index contributed by atoms with van der Waals surface area (Å²) in [6.07, 6.45) is 3.52. The highest BCUT2D eigenvalue weighted by atomic mass is 32.1. The van der Waals surface area contributed by atoms with Crippen LogP contribution in [0.4, 0.5) is 11.6 Å². The molecule has 0 bridgehead atoms. The number of hydrogen-bond acceptors (Lipinski definition) is 7. The second-order valence-corrected chi connectivity index (χ2v) is 7.70. The highest BCUT2D eigenvalue weighted by molar-refractivity contribution is 7.17. The van der Waals surface area contributed by atoms with E-state index in [2.05, 4.69) is 32.9 Å². The summed E-state index contributed by atoms with van der Waals surface area (Å²) in [7, 11) is 1.83. The number of aryl methyl sites for hydroxylation is 1. The molecule has 7 nitrogen and oxygen atoms in total. The van der Waals surface area contributed by atoms with Crippen LogP contribution < -0.4 is 11.1 Å². The van der Waals surface area contributed by atoms with Gasteiger partial charge in [0, 0.05) is 36.3 Å². The average Bonchev–Trinajstić information content (AvgIpc) is 3.37. The number of benzene rings is 1. The number of nitrogens with zero attached hydrogens (tertiary/aromatic N) is 5. The highest BCUT2D eigenvalue weighted by Crippen LogP contribution is 2.38. The standard InChI is InChI=1S/C22H19N7S/c1-29-19(23)15(12-26-29)11-25-21-18-16(14-7-3-2-4-8-14)13-30-22(18)28-20(27-21)17-9-5-6-10-24-17/h2-10,12-13H,11,23H2,1H3,(H,25,27,28). The van der Waals surface area contributed by atoms with Gasteiger partial charge in [-0.1, -0.05) is 36.4 Å². The smallest absolute Gasteiger partial charge is 0.181 e. The first kappa shape index (κ1) is 18.3. The Morgan fingerprint density at radius 2 is 1.90 bits per heavy atom. The molecule has 0 aliphatic carbocycles. The number of nitrogens with two attached hydrogens (primary N) is 1. The van der Waals surface area contributed by atoms with E-state index in [-0.39, 0.29) is 0 Å². The van der Waals surface area contributed by atoms with E-state index in [0.29, 0.717) is 18.2 Å². The first-order valence-electron chi connectivity index (χ1n) is 9.47. The van der Waals surface area contributed by atoms with Crippen molar-refractivity contribution in [2.45, 2.75) is 6.54 Å². The maximum absolute atomic E-state index is 6.12. The molecule has 0 radical (unpaired) electrons. The Morgan fingerprint density at radius 1 is 1.07 bits per heavy atom. The molecule has 0 saturated heterocycles. The maximum Gasteiger partial charge on any atom is 0.181 e. The topological polar surface area (TPSA) is 94.5 Å². The van der Waals surface area contributed by atoms with E-state index >= 15 is 0 Å². The van der Waals surface area contributed by atoms with Crippen LogP contribution in [0, 0.1) is 0 Å². The number of hydrogen-bond donors (Lipinski definition) is 2. The normalized spacial score (nSPS) is 11.1. The molecule has 4 aromatic heterocycles. The van der Waals surface area contributed by atoms with Crippen LogP contribution in [-0.2, 0) is 13.6 Å². The number of pyridine rings is 1. The Balaban J connectivity index is 1.64. The van der Waals surface area contributed by atoms with E-state index in [4.69, 9.17) is 15.7 Å². The van der Waals surface area contributed by atoms with Crippen molar-refractivity contribution in [2.24, 2.45) is 7.05 Å². The lowest BCUT2D eigenvalue weighted by Gasteiger charge is -2.10. The lowest BCUT2D eigenvalue weighted by atomic mass is 10.1. The van der Waals surface area contributed by atoms with Crippen molar-refractivity contribution in [2.75, 3.05) is 11.1 Å². The summed E-state index contributed by atoms with van der Waals surface area (Å²) in [4.78, 5) is 15.0. The molecular formula is C22H19N7S. The van der Waals surface area contributed by atoms with E-state index in [1.54, 1.807) is 28.4 Å². The molecule has 0 saturated carbocycles. The van der Waals surface area contributed by atoms with Crippen LogP contribution in [0.1, 0.15) is 5.56 Å². The summed E-state index contributed by atoms with van der Waals surface area (Å²) in [5, 5.41) is 10.8. The van der Waals surface area contributed by atoms with Crippen LogP contribution in [0.25, 0.3) is 32.9 Å². The third kappa shape index (κ3) is 3.27. The maximum atomic E-state index is 6.12. The monoisotopic (exact) mass is 413 g/mol. The Morgan fingerprint density at radius 3 is 2.63 bits per heavy atom. The second-order valence-electron chi connectivity index (χ2n) is 6.84. The fourth-order valence-electron chi connectivity index (χ4n) is 3.32. The van der Waals surface area contributed by atoms with Crippen molar-refractivity contribution in [1.29, 1.82) is 0 Å². The minimum absolute atomic E-state index is 0.511. The van der Waals surface area contributed by atoms with E-state index < -0.39 is 0 Å². The van der Waals surface area contributed by atoms with Gasteiger partial charge in [0.05, 0.1) is 11.6 Å². The average molecular weight is 414 g/mol. The van der Waals surface area contributed by atoms with Crippen LogP contribution in [0.3, 0.4) is 0 Å². The zero-order valence-corrected chi connectivity index (χ0v) is 17.1. The molecular weight excluding hydrogens is 394 g/mol. The molecule has 3 N–H and O–H groups in total. The number of aromatic nitrogens is 5. The molecule has 0 unspecified atom stereocenters. The first-order chi connectivity index (χ1) is 14.7. The van der Waals surface area contributed by atoms with E-state index in [0.717, 1.165) is 38.4 Å². The molecule has 0 aliphatic rings. The molecule has 1 aromatic carbocycles. The molecule has 4 heterocycles. The third-order valence-corrected chi connectivity index (χ3v) is 5.80. The van der Waals surface area contributed by atoms with Gasteiger partial charge in [-0.15, -0.1) is 11.3 Å². The van der Waals surface area contributed by atoms with Crippen LogP contribution in [0.5, 0.6) is 0 Å². The van der Waals surface area contributed by atoms with E-state index in [9.17, 15) is 0 Å². The largest absolute Gasteiger partial charge is 0.384 e. The van der Waals surface area contributed by atoms with Gasteiger partial charge in [0.15, 0.2) is 5.82 Å². The molecule has 5 aromatic rings. The Hall–Kier alpha value is -3.78. The second kappa shape index (κ2) is 7.57. The molecule has 0 fully saturated rings. The van der Waals surface area contributed by atoms with Crippen molar-refractivity contribution < 1.29 is 0 Å². The number of nitrogens with one attached hydrogen (secondary N) is 1. The summed E-state index contributed by atoms with van der Waals surface area (Å²) >= 11 is 1.60. The predicted octanol–water partition coefficient (Wildman–Crippen LogP) is 4.35. The van der Waals surface area contributed by atoms with Gasteiger partial charge in [0.25, 0.3) is 0 Å². The van der Waals surface area contributed by atoms with Crippen LogP contribution in [0.2, 0.25) is 0 Å². The van der Waals surface area contributed by atoms with Gasteiger partial charge in [0.1, 0.15) is 22.2 Å². The Labute approximate surface area is 177 Å². The van der Waals surface area contributed by atoms with Gasteiger partial charge in [-0.3, -0.25) is 9.67 Å². The van der Waals surface area contributed by atoms with Crippen molar-refractivity contribution in [3.63, 3.8) is 0 Å². The highest BCUT2D eigenvalue weighted by Gasteiger charge is 2.17. The van der Waals surface area contributed by atoms with Gasteiger partial charge >= 0.3 is 0 Å². The van der Waals surface area contributed by atoms with Gasteiger partial charge in [-0.2, -0.15) is 5.10 Å². The third-order valence-electron chi connectivity index (χ3n) is 4.92. The van der Waals surface area contributed by atoms with Crippen molar-refractivity contribution >= 4 is 33.2 Å². The fraction of sp³-hybridized carbons (Fsp3) is 0.0909. The number of rotatable bonds is 5. The van der Waals surface area contributed by atoms with Crippen LogP contribution >= 0.6 is 11.3 Å². The SMILES string of the molecule is Cn1ncc(CNc2nc(-c3ccccn3)nc3scc(-c4ccccc4)c23)c1N. The van der Waals surface area contributed by atoms with Gasteiger partial charge in [0.2, 0.25) is 0 Å². The predicted molar refractivity (Wildman–Crippen MR) is 121 cm³/mol. The quantitative estimate of drug-likeness (QED) is 0.445. The number of nitrogen functional groups attached to an aromatic ring is 1. The zero-order valence-electron chi connectivity index (χ0n) is 16.3. The Kier molecular flexibility index (Phi) is 4.61. The lowest BCUT2D eigenvalue weighted by molar-refractivity contribution is 0.778. The van der Waals surface area contributed by atoms with E-state index in [1.165, 1.54) is 0 Å². The van der Waals surface area contributed by atoms with Gasteiger partial charge < -0.3 is 11.1 Å².